The van der Waals surface area contributed by atoms with Crippen LogP contribution in [0.1, 0.15) is 52.4 Å². The molecule has 0 aromatic carbocycles. The molecule has 0 saturated heterocycles. The third-order valence-corrected chi connectivity index (χ3v) is 3.85. The van der Waals surface area contributed by atoms with Gasteiger partial charge in [0.1, 0.15) is 0 Å². The highest BCUT2D eigenvalue weighted by molar-refractivity contribution is 4.96. The normalized spacial score (nSPS) is 32.4. The number of aliphatic hydroxyl groups excluding tert-OH is 1. The Morgan fingerprint density at radius 2 is 2.31 bits per heavy atom. The first kappa shape index (κ1) is 13.7. The minimum Gasteiger partial charge on any atom is -0.390 e. The molecule has 1 N–H and O–H groups in total. The van der Waals surface area contributed by atoms with Crippen LogP contribution in [0.15, 0.2) is 12.2 Å². The van der Waals surface area contributed by atoms with Crippen LogP contribution in [0.25, 0.3) is 0 Å². The Kier molecular flexibility index (Phi) is 5.00. The van der Waals surface area contributed by atoms with Crippen molar-refractivity contribution in [1.29, 1.82) is 0 Å². The number of rotatable bonds is 5. The summed E-state index contributed by atoms with van der Waals surface area (Å²) in [7, 11) is 1.74. The minimum absolute atomic E-state index is 0.298. The van der Waals surface area contributed by atoms with Gasteiger partial charge in [-0.25, -0.2) is 0 Å². The lowest BCUT2D eigenvalue weighted by molar-refractivity contribution is -0.133. The van der Waals surface area contributed by atoms with Crippen LogP contribution in [0.4, 0.5) is 0 Å². The quantitative estimate of drug-likeness (QED) is 0.729. The molecule has 0 amide bonds. The lowest BCUT2D eigenvalue weighted by atomic mass is 9.74. The molecule has 2 heteroatoms. The minimum atomic E-state index is -0.350. The summed E-state index contributed by atoms with van der Waals surface area (Å²) in [4.78, 5) is 0. The van der Waals surface area contributed by atoms with Crippen molar-refractivity contribution in [2.75, 3.05) is 7.11 Å². The summed E-state index contributed by atoms with van der Waals surface area (Å²) in [5, 5.41) is 10.3. The largest absolute Gasteiger partial charge is 0.390 e. The molecular weight excluding hydrogens is 200 g/mol. The summed E-state index contributed by atoms with van der Waals surface area (Å²) in [6, 6.07) is 0. The van der Waals surface area contributed by atoms with Crippen LogP contribution >= 0.6 is 0 Å². The Labute approximate surface area is 99.7 Å². The van der Waals surface area contributed by atoms with Crippen LogP contribution in [-0.2, 0) is 4.74 Å². The van der Waals surface area contributed by atoms with E-state index in [-0.39, 0.29) is 11.7 Å². The van der Waals surface area contributed by atoms with Gasteiger partial charge in [0.2, 0.25) is 0 Å². The van der Waals surface area contributed by atoms with E-state index in [2.05, 4.69) is 13.5 Å². The topological polar surface area (TPSA) is 29.5 Å². The molecule has 3 atom stereocenters. The summed E-state index contributed by atoms with van der Waals surface area (Å²) in [5.74, 6) is 0.660. The Balaban J connectivity index is 2.59. The van der Waals surface area contributed by atoms with Crippen molar-refractivity contribution in [2.45, 2.75) is 64.1 Å². The number of hydrogen-bond donors (Lipinski definition) is 1. The number of aliphatic hydroxyl groups is 1. The maximum absolute atomic E-state index is 10.3. The fraction of sp³-hybridized carbons (Fsp3) is 0.857. The van der Waals surface area contributed by atoms with E-state index in [0.717, 1.165) is 31.3 Å². The maximum Gasteiger partial charge on any atom is 0.0939 e. The Morgan fingerprint density at radius 3 is 2.81 bits per heavy atom. The predicted octanol–water partition coefficient (Wildman–Crippen LogP) is 3.30. The highest BCUT2D eigenvalue weighted by Gasteiger charge is 2.40. The molecule has 0 bridgehead atoms. The second kappa shape index (κ2) is 5.83. The molecule has 16 heavy (non-hydrogen) atoms. The molecule has 0 aliphatic heterocycles. The predicted molar refractivity (Wildman–Crippen MR) is 67.4 cm³/mol. The lowest BCUT2D eigenvalue weighted by Gasteiger charge is -2.42. The van der Waals surface area contributed by atoms with E-state index >= 15 is 0 Å². The smallest absolute Gasteiger partial charge is 0.0939 e. The van der Waals surface area contributed by atoms with Crippen LogP contribution in [0.3, 0.4) is 0 Å². The van der Waals surface area contributed by atoms with Crippen LogP contribution < -0.4 is 0 Å². The first-order valence-electron chi connectivity index (χ1n) is 6.38. The number of ether oxygens (including phenoxy) is 1. The average Bonchev–Trinajstić information content (AvgIpc) is 2.25. The number of allylic oxidation sites excluding steroid dienone is 1. The Hall–Kier alpha value is -0.340. The van der Waals surface area contributed by atoms with Crippen molar-refractivity contribution in [3.63, 3.8) is 0 Å². The van der Waals surface area contributed by atoms with E-state index in [1.807, 2.05) is 6.92 Å². The molecule has 0 radical (unpaired) electrons. The average molecular weight is 226 g/mol. The van der Waals surface area contributed by atoms with Gasteiger partial charge in [-0.1, -0.05) is 25.3 Å². The molecule has 0 aromatic rings. The first-order valence-corrected chi connectivity index (χ1v) is 6.38. The molecule has 1 aliphatic rings. The van der Waals surface area contributed by atoms with Gasteiger partial charge in [-0.15, -0.1) is 6.58 Å². The molecule has 1 fully saturated rings. The van der Waals surface area contributed by atoms with Crippen molar-refractivity contribution in [1.82, 2.24) is 0 Å². The molecule has 1 aliphatic carbocycles. The number of methoxy groups -OCH3 is 1. The van der Waals surface area contributed by atoms with Gasteiger partial charge >= 0.3 is 0 Å². The highest BCUT2D eigenvalue weighted by atomic mass is 16.5. The van der Waals surface area contributed by atoms with E-state index in [9.17, 15) is 5.11 Å². The van der Waals surface area contributed by atoms with Crippen LogP contribution in [-0.4, -0.2) is 23.9 Å². The summed E-state index contributed by atoms with van der Waals surface area (Å²) in [5.41, 5.74) is 0.835. The fourth-order valence-electron chi connectivity index (χ4n) is 2.81. The van der Waals surface area contributed by atoms with Crippen LogP contribution in [0.2, 0.25) is 0 Å². The molecule has 0 aromatic heterocycles. The van der Waals surface area contributed by atoms with Crippen molar-refractivity contribution in [3.05, 3.63) is 12.2 Å². The zero-order chi connectivity index (χ0) is 12.2. The molecule has 0 heterocycles. The summed E-state index contributed by atoms with van der Waals surface area (Å²) >= 11 is 0. The van der Waals surface area contributed by atoms with Gasteiger partial charge in [0.05, 0.1) is 11.7 Å². The second-order valence-corrected chi connectivity index (χ2v) is 5.48. The van der Waals surface area contributed by atoms with Gasteiger partial charge in [-0.2, -0.15) is 0 Å². The zero-order valence-corrected chi connectivity index (χ0v) is 11.0. The van der Waals surface area contributed by atoms with E-state index < -0.39 is 0 Å². The van der Waals surface area contributed by atoms with Gasteiger partial charge in [0, 0.05) is 7.11 Å². The van der Waals surface area contributed by atoms with E-state index in [4.69, 9.17) is 4.74 Å². The van der Waals surface area contributed by atoms with E-state index in [0.29, 0.717) is 5.92 Å². The maximum atomic E-state index is 10.3. The monoisotopic (exact) mass is 226 g/mol. The first-order chi connectivity index (χ1) is 7.50. The third-order valence-electron chi connectivity index (χ3n) is 3.85. The molecular formula is C14H26O2. The Bertz CT molecular complexity index is 237. The standard InChI is InChI=1S/C14H26O2/c1-11(2)7-8-13(15)14(16-4)9-5-6-12(3)10-14/h12-13,15H,1,5-10H2,2-4H3. The summed E-state index contributed by atoms with van der Waals surface area (Å²) < 4.78 is 5.66. The third kappa shape index (κ3) is 3.33. The van der Waals surface area contributed by atoms with Crippen molar-refractivity contribution in [3.8, 4) is 0 Å². The molecule has 2 nitrogen and oxygen atoms in total. The Morgan fingerprint density at radius 1 is 1.62 bits per heavy atom. The summed E-state index contributed by atoms with van der Waals surface area (Å²) in [6.07, 6.45) is 5.72. The van der Waals surface area contributed by atoms with Crippen molar-refractivity contribution >= 4 is 0 Å². The van der Waals surface area contributed by atoms with E-state index in [1.54, 1.807) is 7.11 Å². The van der Waals surface area contributed by atoms with E-state index in [1.165, 1.54) is 12.8 Å². The molecule has 1 rings (SSSR count). The highest BCUT2D eigenvalue weighted by Crippen LogP contribution is 2.38. The SMILES string of the molecule is C=C(C)CCC(O)C1(OC)CCCC(C)C1. The molecule has 0 spiro atoms. The number of hydrogen-bond acceptors (Lipinski definition) is 2. The second-order valence-electron chi connectivity index (χ2n) is 5.48. The lowest BCUT2D eigenvalue weighted by Crippen LogP contribution is -2.47. The molecule has 3 unspecified atom stereocenters. The van der Waals surface area contributed by atoms with Crippen LogP contribution in [0.5, 0.6) is 0 Å². The van der Waals surface area contributed by atoms with Crippen LogP contribution in [0, 0.1) is 5.92 Å². The fourth-order valence-corrected chi connectivity index (χ4v) is 2.81. The van der Waals surface area contributed by atoms with Gasteiger partial charge < -0.3 is 9.84 Å². The van der Waals surface area contributed by atoms with Gasteiger partial charge in [0.25, 0.3) is 0 Å². The van der Waals surface area contributed by atoms with Crippen molar-refractivity contribution in [2.24, 2.45) is 5.92 Å². The zero-order valence-electron chi connectivity index (χ0n) is 11.0. The summed E-state index contributed by atoms with van der Waals surface area (Å²) in [6.45, 7) is 8.14. The van der Waals surface area contributed by atoms with Crippen molar-refractivity contribution < 1.29 is 9.84 Å². The van der Waals surface area contributed by atoms with Gasteiger partial charge in [-0.05, 0) is 38.5 Å². The van der Waals surface area contributed by atoms with Gasteiger partial charge in [-0.3, -0.25) is 0 Å². The molecule has 1 saturated carbocycles. The molecule has 94 valence electrons. The van der Waals surface area contributed by atoms with Gasteiger partial charge in [0.15, 0.2) is 0 Å².